The smallest absolute Gasteiger partial charge is 0.430 e. The first-order valence-corrected chi connectivity index (χ1v) is 13.8. The van der Waals surface area contributed by atoms with Crippen molar-refractivity contribution in [1.82, 2.24) is 0 Å². The average molecular weight is 621 g/mol. The van der Waals surface area contributed by atoms with Gasteiger partial charge in [-0.25, -0.2) is 0 Å². The molecule has 228 valence electrons. The lowest BCUT2D eigenvalue weighted by Crippen LogP contribution is -2.53. The maximum Gasteiger partial charge on any atom is 0.430 e. The Labute approximate surface area is 237 Å². The number of rotatable bonds is 11. The third-order valence-electron chi connectivity index (χ3n) is 6.42. The van der Waals surface area contributed by atoms with Crippen LogP contribution in [0.4, 0.5) is 26.3 Å². The monoisotopic (exact) mass is 620 g/mol. The van der Waals surface area contributed by atoms with Gasteiger partial charge in [0.25, 0.3) is 15.7 Å². The van der Waals surface area contributed by atoms with E-state index >= 15 is 0 Å². The molecule has 0 saturated carbocycles. The van der Waals surface area contributed by atoms with E-state index in [1.807, 2.05) is 0 Å². The molecule has 0 aromatic heterocycles. The van der Waals surface area contributed by atoms with Crippen LogP contribution in [0.1, 0.15) is 36.5 Å². The van der Waals surface area contributed by atoms with E-state index in [4.69, 9.17) is 9.47 Å². The number of aldehydes is 1. The minimum Gasteiger partial charge on any atom is -0.496 e. The van der Waals surface area contributed by atoms with Gasteiger partial charge in [0.2, 0.25) is 0 Å². The van der Waals surface area contributed by atoms with Crippen molar-refractivity contribution in [1.29, 1.82) is 0 Å². The fraction of sp³-hybridized carbons (Fsp3) is 0.321. The minimum absolute atomic E-state index is 0.0205. The van der Waals surface area contributed by atoms with Crippen LogP contribution in [-0.2, 0) is 33.4 Å². The van der Waals surface area contributed by atoms with Crippen LogP contribution < -0.4 is 9.47 Å². The zero-order valence-electron chi connectivity index (χ0n) is 22.2. The predicted octanol–water partition coefficient (Wildman–Crippen LogP) is 6.80. The van der Waals surface area contributed by atoms with Crippen molar-refractivity contribution in [2.45, 2.75) is 55.5 Å². The van der Waals surface area contributed by atoms with Gasteiger partial charge in [-0.1, -0.05) is 25.5 Å². The summed E-state index contributed by atoms with van der Waals surface area (Å²) in [6.07, 6.45) is -10.7. The number of methoxy groups -OCH3 is 1. The van der Waals surface area contributed by atoms with Crippen molar-refractivity contribution in [2.75, 3.05) is 7.11 Å². The summed E-state index contributed by atoms with van der Waals surface area (Å²) in [5, 5.41) is 9.80. The van der Waals surface area contributed by atoms with Gasteiger partial charge in [-0.2, -0.15) is 34.8 Å². The molecule has 42 heavy (non-hydrogen) atoms. The molecule has 0 atom stereocenters. The van der Waals surface area contributed by atoms with Gasteiger partial charge in [-0.3, -0.25) is 4.55 Å². The van der Waals surface area contributed by atoms with E-state index in [0.29, 0.717) is 41.5 Å². The van der Waals surface area contributed by atoms with E-state index in [1.54, 1.807) is 6.92 Å². The number of carbonyl (C=O) groups is 1. The second-order valence-electron chi connectivity index (χ2n) is 9.24. The number of aliphatic hydroxyl groups is 1. The molecular formula is C28H26F6O7S. The Morgan fingerprint density at radius 2 is 1.50 bits per heavy atom. The first kappa shape index (κ1) is 32.9. The fourth-order valence-electron chi connectivity index (χ4n) is 4.34. The molecule has 0 unspecified atom stereocenters. The average Bonchev–Trinajstić information content (AvgIpc) is 2.90. The number of benzene rings is 3. The third-order valence-corrected chi connectivity index (χ3v) is 7.27. The molecule has 0 bridgehead atoms. The van der Waals surface area contributed by atoms with E-state index in [1.165, 1.54) is 43.5 Å². The molecule has 0 spiro atoms. The van der Waals surface area contributed by atoms with Crippen molar-refractivity contribution in [3.63, 3.8) is 0 Å². The molecule has 0 fully saturated rings. The summed E-state index contributed by atoms with van der Waals surface area (Å²) in [7, 11) is -3.28. The highest BCUT2D eigenvalue weighted by Gasteiger charge is 2.71. The Morgan fingerprint density at radius 3 is 2.05 bits per heavy atom. The predicted molar refractivity (Wildman–Crippen MR) is 139 cm³/mol. The van der Waals surface area contributed by atoms with Crippen LogP contribution in [-0.4, -0.2) is 43.8 Å². The lowest BCUT2D eigenvalue weighted by Gasteiger charge is -2.33. The maximum atomic E-state index is 13.4. The van der Waals surface area contributed by atoms with Crippen LogP contribution in [0.5, 0.6) is 17.2 Å². The third kappa shape index (κ3) is 6.71. The van der Waals surface area contributed by atoms with Gasteiger partial charge < -0.3 is 19.4 Å². The summed E-state index contributed by atoms with van der Waals surface area (Å²) in [4.78, 5) is 10.5. The lowest BCUT2D eigenvalue weighted by atomic mass is 9.90. The summed E-state index contributed by atoms with van der Waals surface area (Å²) in [6, 6.07) is 10.1. The molecule has 3 rings (SSSR count). The number of halogens is 6. The Hall–Kier alpha value is -3.62. The van der Waals surface area contributed by atoms with Gasteiger partial charge in [-0.05, 0) is 65.9 Å². The number of aryl methyl sites for hydroxylation is 2. The van der Waals surface area contributed by atoms with Gasteiger partial charge in [0.15, 0.2) is 0 Å². The number of alkyl halides is 6. The number of carbonyl (C=O) groups excluding carboxylic acids is 1. The number of hydrogen-bond acceptors (Lipinski definition) is 6. The second-order valence-corrected chi connectivity index (χ2v) is 10.7. The molecule has 0 radical (unpaired) electrons. The summed E-state index contributed by atoms with van der Waals surface area (Å²) in [5.74, 6) is 0.148. The van der Waals surface area contributed by atoms with Crippen LogP contribution in [0.25, 0.3) is 11.1 Å². The molecule has 0 aliphatic heterocycles. The molecule has 7 nitrogen and oxygen atoms in total. The first-order valence-electron chi connectivity index (χ1n) is 12.4. The Balaban J connectivity index is 2.09. The largest absolute Gasteiger partial charge is 0.496 e. The number of hydrogen-bond donors (Lipinski definition) is 2. The summed E-state index contributed by atoms with van der Waals surface area (Å²) >= 11 is 0. The number of ether oxygens (including phenoxy) is 2. The molecule has 3 aromatic rings. The van der Waals surface area contributed by atoms with E-state index < -0.39 is 38.5 Å². The van der Waals surface area contributed by atoms with E-state index in [2.05, 4.69) is 0 Å². The zero-order chi connectivity index (χ0) is 31.5. The highest BCUT2D eigenvalue weighted by atomic mass is 32.2. The van der Waals surface area contributed by atoms with Gasteiger partial charge >= 0.3 is 12.4 Å². The van der Waals surface area contributed by atoms with Gasteiger partial charge in [-0.15, -0.1) is 0 Å². The normalized spacial score (nSPS) is 12.7. The van der Waals surface area contributed by atoms with Gasteiger partial charge in [0.1, 0.15) is 23.5 Å². The first-order chi connectivity index (χ1) is 19.5. The van der Waals surface area contributed by atoms with E-state index in [9.17, 15) is 49.2 Å². The molecule has 3 aromatic carbocycles. The van der Waals surface area contributed by atoms with Crippen molar-refractivity contribution in [2.24, 2.45) is 0 Å². The lowest BCUT2D eigenvalue weighted by molar-refractivity contribution is -0.376. The summed E-state index contributed by atoms with van der Waals surface area (Å²) in [5.41, 5.74) is -5.30. The summed E-state index contributed by atoms with van der Waals surface area (Å²) in [6.45, 7) is 1.65. The molecule has 0 aliphatic rings. The molecular weight excluding hydrogens is 594 g/mol. The zero-order valence-corrected chi connectivity index (χ0v) is 23.0. The maximum absolute atomic E-state index is 13.4. The van der Waals surface area contributed by atoms with Crippen molar-refractivity contribution < 1.29 is 58.7 Å². The SMILES string of the molecule is CCCc1cc(C(O)(C(F)(F)F)C(F)(F)F)ccc1Oc1ccc(-c2cc(S(=O)(=O)O)ccc2CCC=O)c(OC)c1. The van der Waals surface area contributed by atoms with Crippen molar-refractivity contribution in [3.8, 4) is 28.4 Å². The van der Waals surface area contributed by atoms with Crippen molar-refractivity contribution >= 4 is 16.4 Å². The van der Waals surface area contributed by atoms with Crippen LogP contribution in [0.15, 0.2) is 59.5 Å². The van der Waals surface area contributed by atoms with Gasteiger partial charge in [0.05, 0.1) is 12.0 Å². The Morgan fingerprint density at radius 1 is 0.833 bits per heavy atom. The molecule has 0 heterocycles. The van der Waals surface area contributed by atoms with Crippen LogP contribution in [0.3, 0.4) is 0 Å². The Kier molecular flexibility index (Phi) is 9.64. The topological polar surface area (TPSA) is 110 Å². The van der Waals surface area contributed by atoms with Crippen LogP contribution in [0, 0.1) is 0 Å². The van der Waals surface area contributed by atoms with Crippen LogP contribution >= 0.6 is 0 Å². The highest BCUT2D eigenvalue weighted by Crippen LogP contribution is 2.51. The molecule has 0 amide bonds. The second kappa shape index (κ2) is 12.3. The molecule has 14 heteroatoms. The van der Waals surface area contributed by atoms with E-state index in [0.717, 1.165) is 6.07 Å². The summed E-state index contributed by atoms with van der Waals surface area (Å²) < 4.78 is 125. The highest BCUT2D eigenvalue weighted by molar-refractivity contribution is 7.85. The van der Waals surface area contributed by atoms with Crippen LogP contribution in [0.2, 0.25) is 0 Å². The molecule has 0 saturated heterocycles. The van der Waals surface area contributed by atoms with Gasteiger partial charge in [0, 0.05) is 23.6 Å². The van der Waals surface area contributed by atoms with Crippen molar-refractivity contribution in [3.05, 3.63) is 71.3 Å². The standard InChI is InChI=1S/C28H26F6O7S/c1-3-5-18-14-19(26(36,27(29,30)31)28(32,33)34)8-12-24(18)41-20-9-11-22(25(15-20)40-2)23-16-21(42(37,38)39)10-7-17(23)6-4-13-35/h7-16,36H,3-6H2,1-2H3,(H,37,38,39). The molecule has 2 N–H and O–H groups in total. The van der Waals surface area contributed by atoms with E-state index in [-0.39, 0.29) is 42.1 Å². The molecule has 0 aliphatic carbocycles. The Bertz CT molecular complexity index is 1540. The fourth-order valence-corrected chi connectivity index (χ4v) is 4.85. The minimum atomic E-state index is -6.04. The quantitative estimate of drug-likeness (QED) is 0.138.